The van der Waals surface area contributed by atoms with Crippen molar-refractivity contribution in [2.75, 3.05) is 23.8 Å². The van der Waals surface area contributed by atoms with E-state index in [1.54, 1.807) is 36.4 Å². The number of aryl methyl sites for hydroxylation is 1. The number of fused-ring (bicyclic) bond motifs is 1. The zero-order valence-electron chi connectivity index (χ0n) is 19.3. The zero-order valence-corrected chi connectivity index (χ0v) is 19.3. The number of rotatable bonds is 6. The van der Waals surface area contributed by atoms with E-state index in [4.69, 9.17) is 4.84 Å². The van der Waals surface area contributed by atoms with Gasteiger partial charge in [0.05, 0.1) is 11.1 Å². The molecule has 1 aromatic heterocycles. The average Bonchev–Trinajstić information content (AvgIpc) is 2.76. The van der Waals surface area contributed by atoms with Gasteiger partial charge in [0.2, 0.25) is 5.91 Å². The lowest BCUT2D eigenvalue weighted by Gasteiger charge is -2.20. The Labute approximate surface area is 191 Å². The number of para-hydroxylation sites is 1. The third kappa shape index (κ3) is 5.39. The number of anilines is 2. The van der Waals surface area contributed by atoms with E-state index in [2.05, 4.69) is 10.8 Å². The van der Waals surface area contributed by atoms with Crippen molar-refractivity contribution in [1.82, 2.24) is 10.0 Å². The maximum absolute atomic E-state index is 13.1. The van der Waals surface area contributed by atoms with Gasteiger partial charge in [-0.25, -0.2) is 0 Å². The Balaban J connectivity index is 1.93. The number of carbonyl (C=O) groups excluding carboxylic acids is 2. The Morgan fingerprint density at radius 3 is 2.42 bits per heavy atom. The molecule has 0 spiro atoms. The summed E-state index contributed by atoms with van der Waals surface area (Å²) in [5, 5.41) is 13.9. The van der Waals surface area contributed by atoms with Crippen LogP contribution in [0.1, 0.15) is 31.1 Å². The van der Waals surface area contributed by atoms with E-state index in [1.165, 1.54) is 29.6 Å². The largest absolute Gasteiger partial charge is 0.506 e. The van der Waals surface area contributed by atoms with Crippen LogP contribution in [0.5, 0.6) is 5.75 Å². The molecule has 0 aliphatic rings. The van der Waals surface area contributed by atoms with E-state index in [0.717, 1.165) is 0 Å². The van der Waals surface area contributed by atoms with Crippen molar-refractivity contribution in [1.29, 1.82) is 0 Å². The minimum Gasteiger partial charge on any atom is -0.506 e. The third-order valence-corrected chi connectivity index (χ3v) is 4.93. The van der Waals surface area contributed by atoms with Gasteiger partial charge in [0.25, 0.3) is 11.5 Å². The van der Waals surface area contributed by atoms with Crippen LogP contribution in [0, 0.1) is 0 Å². The van der Waals surface area contributed by atoms with Gasteiger partial charge in [0, 0.05) is 30.9 Å². The van der Waals surface area contributed by atoms with Crippen molar-refractivity contribution in [2.45, 2.75) is 26.4 Å². The minimum atomic E-state index is -0.640. The molecule has 3 N–H and O–H groups in total. The van der Waals surface area contributed by atoms with Gasteiger partial charge >= 0.3 is 0 Å². The molecule has 9 heteroatoms. The standard InChI is InChI=1S/C24H28N4O5/c1-24(2,3)33-25-14-19(29)26-15-11-12-18-17(13-15)21(30)20(23(32)28(18)5)22(31)27(4)16-9-7-6-8-10-16/h6-13,25,30H,14H2,1-5H3,(H,26,29). The zero-order chi connectivity index (χ0) is 24.3. The summed E-state index contributed by atoms with van der Waals surface area (Å²) in [7, 11) is 3.06. The second-order valence-electron chi connectivity index (χ2n) is 8.60. The van der Waals surface area contributed by atoms with Crippen LogP contribution in [0.25, 0.3) is 10.9 Å². The molecule has 1 heterocycles. The third-order valence-electron chi connectivity index (χ3n) is 4.93. The van der Waals surface area contributed by atoms with Crippen LogP contribution < -0.4 is 21.3 Å². The van der Waals surface area contributed by atoms with Gasteiger partial charge in [-0.15, -0.1) is 0 Å². The van der Waals surface area contributed by atoms with Crippen LogP contribution in [0.2, 0.25) is 0 Å². The molecule has 0 aliphatic carbocycles. The number of hydroxylamine groups is 1. The number of pyridine rings is 1. The summed E-state index contributed by atoms with van der Waals surface area (Å²) in [5.41, 5.74) is 2.59. The van der Waals surface area contributed by atoms with E-state index < -0.39 is 22.8 Å². The molecular formula is C24H28N4O5. The molecule has 0 saturated heterocycles. The van der Waals surface area contributed by atoms with Crippen molar-refractivity contribution >= 4 is 34.1 Å². The van der Waals surface area contributed by atoms with Crippen LogP contribution in [-0.4, -0.2) is 40.7 Å². The Hall–Kier alpha value is -3.69. The van der Waals surface area contributed by atoms with E-state index in [1.807, 2.05) is 26.8 Å². The SMILES string of the molecule is CN(C(=O)c1c(O)c2cc(NC(=O)CNOC(C)(C)C)ccc2n(C)c1=O)c1ccccc1. The Bertz CT molecular complexity index is 1250. The van der Waals surface area contributed by atoms with E-state index in [0.29, 0.717) is 16.9 Å². The van der Waals surface area contributed by atoms with Crippen LogP contribution >= 0.6 is 0 Å². The fraction of sp³-hybridized carbons (Fsp3) is 0.292. The second-order valence-corrected chi connectivity index (χ2v) is 8.60. The second kappa shape index (κ2) is 9.43. The summed E-state index contributed by atoms with van der Waals surface area (Å²) in [6.45, 7) is 5.47. The highest BCUT2D eigenvalue weighted by atomic mass is 16.7. The summed E-state index contributed by atoms with van der Waals surface area (Å²) in [4.78, 5) is 44.9. The summed E-state index contributed by atoms with van der Waals surface area (Å²) < 4.78 is 1.30. The quantitative estimate of drug-likeness (QED) is 0.496. The van der Waals surface area contributed by atoms with Crippen LogP contribution in [0.15, 0.2) is 53.3 Å². The van der Waals surface area contributed by atoms with Gasteiger partial charge in [-0.3, -0.25) is 19.2 Å². The predicted molar refractivity (Wildman–Crippen MR) is 127 cm³/mol. The fourth-order valence-electron chi connectivity index (χ4n) is 3.26. The summed E-state index contributed by atoms with van der Waals surface area (Å²) in [5.74, 6) is -1.44. The number of aromatic nitrogens is 1. The maximum Gasteiger partial charge on any atom is 0.267 e. The molecule has 0 fully saturated rings. The minimum absolute atomic E-state index is 0.0832. The molecule has 9 nitrogen and oxygen atoms in total. The molecule has 2 amide bonds. The van der Waals surface area contributed by atoms with Gasteiger partial charge in [-0.2, -0.15) is 5.48 Å². The highest BCUT2D eigenvalue weighted by molar-refractivity contribution is 6.10. The molecule has 0 radical (unpaired) electrons. The number of nitrogens with one attached hydrogen (secondary N) is 2. The monoisotopic (exact) mass is 452 g/mol. The molecule has 0 saturated carbocycles. The number of carbonyl (C=O) groups is 2. The first-order valence-corrected chi connectivity index (χ1v) is 10.4. The molecule has 0 bridgehead atoms. The van der Waals surface area contributed by atoms with Crippen molar-refractivity contribution in [3.63, 3.8) is 0 Å². The Morgan fingerprint density at radius 1 is 1.12 bits per heavy atom. The van der Waals surface area contributed by atoms with Crippen LogP contribution in [0.4, 0.5) is 11.4 Å². The van der Waals surface area contributed by atoms with Gasteiger partial charge < -0.3 is 19.9 Å². The van der Waals surface area contributed by atoms with Gasteiger partial charge in [-0.05, 0) is 51.1 Å². The number of hydrogen-bond donors (Lipinski definition) is 3. The van der Waals surface area contributed by atoms with Crippen LogP contribution in [-0.2, 0) is 16.7 Å². The number of benzene rings is 2. The lowest BCUT2D eigenvalue weighted by molar-refractivity contribution is -0.122. The number of aromatic hydroxyl groups is 1. The Kier molecular flexibility index (Phi) is 6.85. The highest BCUT2D eigenvalue weighted by Crippen LogP contribution is 2.30. The van der Waals surface area contributed by atoms with Crippen LogP contribution in [0.3, 0.4) is 0 Å². The van der Waals surface area contributed by atoms with Crippen molar-refractivity contribution in [2.24, 2.45) is 7.05 Å². The Morgan fingerprint density at radius 2 is 1.79 bits per heavy atom. The summed E-state index contributed by atoms with van der Waals surface area (Å²) in [6, 6.07) is 13.5. The van der Waals surface area contributed by atoms with Gasteiger partial charge in [0.15, 0.2) is 0 Å². The molecule has 3 aromatic rings. The number of nitrogens with zero attached hydrogens (tertiary/aromatic N) is 2. The normalized spacial score (nSPS) is 11.4. The summed E-state index contributed by atoms with van der Waals surface area (Å²) >= 11 is 0. The first kappa shape index (κ1) is 24.0. The number of hydrogen-bond acceptors (Lipinski definition) is 6. The highest BCUT2D eigenvalue weighted by Gasteiger charge is 2.25. The summed E-state index contributed by atoms with van der Waals surface area (Å²) in [6.07, 6.45) is 0. The van der Waals surface area contributed by atoms with E-state index in [-0.39, 0.29) is 23.4 Å². The molecule has 0 aliphatic heterocycles. The first-order valence-electron chi connectivity index (χ1n) is 10.4. The molecule has 0 atom stereocenters. The lowest BCUT2D eigenvalue weighted by atomic mass is 10.1. The average molecular weight is 453 g/mol. The molecule has 33 heavy (non-hydrogen) atoms. The lowest BCUT2D eigenvalue weighted by Crippen LogP contribution is -2.35. The molecule has 174 valence electrons. The molecule has 2 aromatic carbocycles. The van der Waals surface area contributed by atoms with E-state index >= 15 is 0 Å². The molecule has 3 rings (SSSR count). The fourth-order valence-corrected chi connectivity index (χ4v) is 3.26. The van der Waals surface area contributed by atoms with Crippen molar-refractivity contribution < 1.29 is 19.5 Å². The van der Waals surface area contributed by atoms with Gasteiger partial charge in [0.1, 0.15) is 17.9 Å². The number of amides is 2. The first-order chi connectivity index (χ1) is 15.5. The van der Waals surface area contributed by atoms with Crippen molar-refractivity contribution in [3.8, 4) is 5.75 Å². The van der Waals surface area contributed by atoms with Crippen molar-refractivity contribution in [3.05, 3.63) is 64.4 Å². The molecule has 0 unspecified atom stereocenters. The predicted octanol–water partition coefficient (Wildman–Crippen LogP) is 2.78. The maximum atomic E-state index is 13.1. The van der Waals surface area contributed by atoms with Gasteiger partial charge in [-0.1, -0.05) is 18.2 Å². The smallest absolute Gasteiger partial charge is 0.267 e. The topological polar surface area (TPSA) is 113 Å². The van der Waals surface area contributed by atoms with E-state index in [9.17, 15) is 19.5 Å². The molecular weight excluding hydrogens is 424 g/mol.